The highest BCUT2D eigenvalue weighted by molar-refractivity contribution is 5.98. The molecule has 2 aromatic heterocycles. The highest BCUT2D eigenvalue weighted by atomic mass is 16.2. The monoisotopic (exact) mass is 482 g/mol. The van der Waals surface area contributed by atoms with E-state index in [1.165, 1.54) is 15.4 Å². The van der Waals surface area contributed by atoms with Crippen LogP contribution < -0.4 is 21.9 Å². The summed E-state index contributed by atoms with van der Waals surface area (Å²) in [5.41, 5.74) is -0.163. The van der Waals surface area contributed by atoms with Gasteiger partial charge >= 0.3 is 5.69 Å². The third-order valence-electron chi connectivity index (χ3n) is 6.76. The summed E-state index contributed by atoms with van der Waals surface area (Å²) in [6, 6.07) is 4.61. The van der Waals surface area contributed by atoms with E-state index in [1.54, 1.807) is 18.2 Å². The number of nitrogens with one attached hydrogen (secondary N) is 2. The van der Waals surface area contributed by atoms with Crippen LogP contribution >= 0.6 is 0 Å². The second-order valence-corrected chi connectivity index (χ2v) is 9.76. The maximum absolute atomic E-state index is 13.4. The molecule has 0 saturated heterocycles. The van der Waals surface area contributed by atoms with Crippen molar-refractivity contribution in [2.75, 3.05) is 0 Å². The Hall–Kier alpha value is -3.43. The van der Waals surface area contributed by atoms with Gasteiger partial charge in [-0.15, -0.1) is 5.10 Å². The lowest BCUT2D eigenvalue weighted by atomic mass is 9.95. The molecule has 0 aliphatic heterocycles. The van der Waals surface area contributed by atoms with Crippen LogP contribution in [0.25, 0.3) is 16.7 Å². The van der Waals surface area contributed by atoms with E-state index in [-0.39, 0.29) is 47.8 Å². The van der Waals surface area contributed by atoms with Crippen molar-refractivity contribution in [3.05, 3.63) is 44.6 Å². The summed E-state index contributed by atoms with van der Waals surface area (Å²) in [7, 11) is 0. The van der Waals surface area contributed by atoms with Gasteiger partial charge in [-0.1, -0.05) is 26.2 Å². The summed E-state index contributed by atoms with van der Waals surface area (Å²) < 4.78 is 3.83. The van der Waals surface area contributed by atoms with E-state index >= 15 is 0 Å². The van der Waals surface area contributed by atoms with Gasteiger partial charge in [-0.25, -0.2) is 13.9 Å². The predicted octanol–water partition coefficient (Wildman–Crippen LogP) is 2.37. The molecule has 1 atom stereocenters. The summed E-state index contributed by atoms with van der Waals surface area (Å²) in [5.74, 6) is -0.419. The van der Waals surface area contributed by atoms with Crippen LogP contribution in [0.1, 0.15) is 82.6 Å². The molecule has 1 aliphatic rings. The maximum atomic E-state index is 13.4. The highest BCUT2D eigenvalue weighted by Gasteiger charge is 2.22. The van der Waals surface area contributed by atoms with Crippen molar-refractivity contribution in [2.45, 2.75) is 90.9 Å². The van der Waals surface area contributed by atoms with Gasteiger partial charge in [0.2, 0.25) is 11.7 Å². The van der Waals surface area contributed by atoms with E-state index in [0.717, 1.165) is 36.8 Å². The molecule has 0 spiro atoms. The first-order valence-electron chi connectivity index (χ1n) is 12.5. The molecule has 35 heavy (non-hydrogen) atoms. The van der Waals surface area contributed by atoms with Crippen molar-refractivity contribution in [2.24, 2.45) is 0 Å². The Balaban J connectivity index is 1.82. The number of hydrogen-bond acceptors (Lipinski definition) is 5. The number of amides is 2. The molecule has 1 saturated carbocycles. The Morgan fingerprint density at radius 2 is 1.83 bits per heavy atom. The Bertz CT molecular complexity index is 1380. The fourth-order valence-corrected chi connectivity index (χ4v) is 4.67. The second-order valence-electron chi connectivity index (χ2n) is 9.76. The van der Waals surface area contributed by atoms with Gasteiger partial charge in [-0.2, -0.15) is 0 Å². The van der Waals surface area contributed by atoms with Gasteiger partial charge in [0.15, 0.2) is 0 Å². The van der Waals surface area contributed by atoms with Crippen molar-refractivity contribution in [1.82, 2.24) is 29.4 Å². The van der Waals surface area contributed by atoms with Crippen molar-refractivity contribution in [3.63, 3.8) is 0 Å². The Labute approximate surface area is 203 Å². The van der Waals surface area contributed by atoms with Crippen LogP contribution in [0.2, 0.25) is 0 Å². The number of carbonyl (C=O) groups excluding carboxylic acids is 2. The van der Waals surface area contributed by atoms with Crippen molar-refractivity contribution in [1.29, 1.82) is 0 Å². The van der Waals surface area contributed by atoms with Gasteiger partial charge in [-0.3, -0.25) is 19.0 Å². The zero-order valence-electron chi connectivity index (χ0n) is 20.8. The first-order chi connectivity index (χ1) is 16.7. The first-order valence-corrected chi connectivity index (χ1v) is 12.5. The molecular weight excluding hydrogens is 448 g/mol. The lowest BCUT2D eigenvalue weighted by molar-refractivity contribution is -0.122. The van der Waals surface area contributed by atoms with Crippen LogP contribution in [0, 0.1) is 0 Å². The van der Waals surface area contributed by atoms with E-state index in [0.29, 0.717) is 16.5 Å². The fraction of sp³-hybridized carbons (Fsp3) is 0.560. The second kappa shape index (κ2) is 10.1. The van der Waals surface area contributed by atoms with Crippen LogP contribution in [0.15, 0.2) is 27.8 Å². The molecule has 1 aliphatic carbocycles. The maximum Gasteiger partial charge on any atom is 0.352 e. The molecule has 10 nitrogen and oxygen atoms in total. The molecule has 188 valence electrons. The molecule has 0 radical (unpaired) electrons. The minimum absolute atomic E-state index is 0.0323. The quantitative estimate of drug-likeness (QED) is 0.536. The minimum Gasteiger partial charge on any atom is -0.352 e. The SMILES string of the molecule is CCC(C)NC(=O)Cn1nc2n(C(C)C)c(=O)c3ccc(C(=O)NC4CCCCC4)cc3n2c1=O. The summed E-state index contributed by atoms with van der Waals surface area (Å²) in [4.78, 5) is 52.1. The van der Waals surface area contributed by atoms with Crippen molar-refractivity contribution in [3.8, 4) is 0 Å². The summed E-state index contributed by atoms with van der Waals surface area (Å²) >= 11 is 0. The van der Waals surface area contributed by atoms with Crippen LogP contribution in [0.3, 0.4) is 0 Å². The minimum atomic E-state index is -0.538. The smallest absolute Gasteiger partial charge is 0.352 e. The van der Waals surface area contributed by atoms with E-state index in [9.17, 15) is 19.2 Å². The highest BCUT2D eigenvalue weighted by Crippen LogP contribution is 2.20. The number of nitrogens with zero attached hydrogens (tertiary/aromatic N) is 4. The Morgan fingerprint density at radius 1 is 1.11 bits per heavy atom. The first kappa shape index (κ1) is 24.7. The van der Waals surface area contributed by atoms with Gasteiger partial charge in [0.25, 0.3) is 11.5 Å². The zero-order valence-corrected chi connectivity index (χ0v) is 20.8. The number of carbonyl (C=O) groups is 2. The van der Waals surface area contributed by atoms with E-state index in [4.69, 9.17) is 0 Å². The summed E-state index contributed by atoms with van der Waals surface area (Å²) in [6.07, 6.45) is 6.04. The zero-order chi connectivity index (χ0) is 25.3. The molecule has 0 bridgehead atoms. The Morgan fingerprint density at radius 3 is 2.49 bits per heavy atom. The molecule has 2 amide bonds. The molecule has 1 unspecified atom stereocenters. The molecule has 3 aromatic rings. The van der Waals surface area contributed by atoms with Crippen molar-refractivity contribution < 1.29 is 9.59 Å². The molecule has 4 rings (SSSR count). The number of aromatic nitrogens is 4. The average Bonchev–Trinajstić information content (AvgIpc) is 3.14. The van der Waals surface area contributed by atoms with E-state index in [2.05, 4.69) is 15.7 Å². The molecule has 1 aromatic carbocycles. The number of benzene rings is 1. The lowest BCUT2D eigenvalue weighted by Crippen LogP contribution is -2.37. The molecule has 2 heterocycles. The summed E-state index contributed by atoms with van der Waals surface area (Å²) in [5, 5.41) is 10.6. The van der Waals surface area contributed by atoms with Crippen molar-refractivity contribution >= 4 is 28.5 Å². The van der Waals surface area contributed by atoms with Crippen LogP contribution in [0.5, 0.6) is 0 Å². The van der Waals surface area contributed by atoms with E-state index in [1.807, 2.05) is 27.7 Å². The molecule has 10 heteroatoms. The van der Waals surface area contributed by atoms with Gasteiger partial charge in [0.05, 0.1) is 10.9 Å². The predicted molar refractivity (Wildman–Crippen MR) is 134 cm³/mol. The standard InChI is InChI=1S/C25H34N6O4/c1-5-16(4)26-21(32)14-29-25(35)31-20-13-17(22(33)27-18-9-7-6-8-10-18)11-12-19(20)23(34)30(15(2)3)24(31)28-29/h11-13,15-16,18H,5-10,14H2,1-4H3,(H,26,32)(H,27,33). The van der Waals surface area contributed by atoms with Gasteiger partial charge in [-0.05, 0) is 58.2 Å². The van der Waals surface area contributed by atoms with Crippen LogP contribution in [0.4, 0.5) is 0 Å². The third-order valence-corrected chi connectivity index (χ3v) is 6.76. The topological polar surface area (TPSA) is 120 Å². The Kier molecular flexibility index (Phi) is 7.09. The van der Waals surface area contributed by atoms with Crippen LogP contribution in [-0.2, 0) is 11.3 Å². The average molecular weight is 483 g/mol. The largest absolute Gasteiger partial charge is 0.352 e. The number of rotatable bonds is 7. The van der Waals surface area contributed by atoms with Crippen LogP contribution in [-0.4, -0.2) is 42.6 Å². The lowest BCUT2D eigenvalue weighted by Gasteiger charge is -2.22. The molecule has 2 N–H and O–H groups in total. The molecule has 1 fully saturated rings. The van der Waals surface area contributed by atoms with E-state index < -0.39 is 5.69 Å². The van der Waals surface area contributed by atoms with Gasteiger partial charge in [0, 0.05) is 23.7 Å². The van der Waals surface area contributed by atoms with Gasteiger partial charge in [0.1, 0.15) is 6.54 Å². The molecular formula is C25H34N6O4. The number of hydrogen-bond donors (Lipinski definition) is 2. The normalized spacial score (nSPS) is 15.6. The number of fused-ring (bicyclic) bond motifs is 3. The summed E-state index contributed by atoms with van der Waals surface area (Å²) in [6.45, 7) is 7.24. The fourth-order valence-electron chi connectivity index (χ4n) is 4.67. The third kappa shape index (κ3) is 4.87. The van der Waals surface area contributed by atoms with Gasteiger partial charge < -0.3 is 10.6 Å².